The van der Waals surface area contributed by atoms with E-state index in [0.29, 0.717) is 28.1 Å². The molecule has 130 valence electrons. The van der Waals surface area contributed by atoms with E-state index in [1.807, 2.05) is 25.1 Å². The summed E-state index contributed by atoms with van der Waals surface area (Å²) >= 11 is 6.00. The average Bonchev–Trinajstić information content (AvgIpc) is 3.33. The monoisotopic (exact) mass is 359 g/mol. The Morgan fingerprint density at radius 2 is 1.92 bits per heavy atom. The number of nitrogens with one attached hydrogen (secondary N) is 1. The fourth-order valence-corrected chi connectivity index (χ4v) is 2.56. The molecule has 0 aliphatic heterocycles. The van der Waals surface area contributed by atoms with E-state index in [4.69, 9.17) is 21.1 Å². The number of carbonyl (C=O) groups excluding carboxylic acids is 2. The van der Waals surface area contributed by atoms with Crippen molar-refractivity contribution >= 4 is 29.2 Å². The van der Waals surface area contributed by atoms with Crippen LogP contribution in [0, 0.1) is 11.8 Å². The average molecular weight is 360 g/mol. The van der Waals surface area contributed by atoms with E-state index in [1.54, 1.807) is 30.3 Å². The number of halogens is 1. The Hall–Kier alpha value is -2.53. The van der Waals surface area contributed by atoms with Crippen LogP contribution in [0.2, 0.25) is 5.02 Å². The molecule has 1 aliphatic rings. The molecule has 2 aromatic carbocycles. The van der Waals surface area contributed by atoms with E-state index in [0.717, 1.165) is 6.42 Å². The SMILES string of the molecule is C[C@H]1C[C@@H]1C(=O)OCC(=O)Nc1cc(Cl)ccc1Oc1ccccc1. The van der Waals surface area contributed by atoms with Crippen molar-refractivity contribution in [1.82, 2.24) is 0 Å². The number of para-hydroxylation sites is 1. The summed E-state index contributed by atoms with van der Waals surface area (Å²) in [6.07, 6.45) is 0.823. The van der Waals surface area contributed by atoms with Crippen LogP contribution in [0.15, 0.2) is 48.5 Å². The first-order valence-electron chi connectivity index (χ1n) is 8.02. The van der Waals surface area contributed by atoms with Crippen LogP contribution >= 0.6 is 11.6 Å². The zero-order chi connectivity index (χ0) is 17.8. The lowest BCUT2D eigenvalue weighted by Crippen LogP contribution is -2.22. The Kier molecular flexibility index (Phi) is 5.24. The predicted molar refractivity (Wildman–Crippen MR) is 94.8 cm³/mol. The van der Waals surface area contributed by atoms with Crippen LogP contribution in [-0.2, 0) is 14.3 Å². The molecular formula is C19H18ClNO4. The van der Waals surface area contributed by atoms with Crippen molar-refractivity contribution in [2.75, 3.05) is 11.9 Å². The van der Waals surface area contributed by atoms with Crippen molar-refractivity contribution in [1.29, 1.82) is 0 Å². The van der Waals surface area contributed by atoms with Crippen molar-refractivity contribution in [2.45, 2.75) is 13.3 Å². The molecule has 25 heavy (non-hydrogen) atoms. The molecule has 3 rings (SSSR count). The van der Waals surface area contributed by atoms with Crippen LogP contribution in [0.4, 0.5) is 5.69 Å². The Balaban J connectivity index is 1.63. The highest BCUT2D eigenvalue weighted by atomic mass is 35.5. The fourth-order valence-electron chi connectivity index (χ4n) is 2.38. The number of esters is 1. The smallest absolute Gasteiger partial charge is 0.309 e. The van der Waals surface area contributed by atoms with Gasteiger partial charge in [-0.05, 0) is 42.7 Å². The minimum Gasteiger partial charge on any atom is -0.455 e. The van der Waals surface area contributed by atoms with Crippen molar-refractivity contribution in [2.24, 2.45) is 11.8 Å². The van der Waals surface area contributed by atoms with E-state index in [1.165, 1.54) is 0 Å². The molecule has 0 unspecified atom stereocenters. The molecule has 1 aliphatic carbocycles. The first-order chi connectivity index (χ1) is 12.0. The molecule has 0 bridgehead atoms. The van der Waals surface area contributed by atoms with Gasteiger partial charge in [-0.15, -0.1) is 0 Å². The van der Waals surface area contributed by atoms with Crippen molar-refractivity contribution in [3.05, 3.63) is 53.6 Å². The van der Waals surface area contributed by atoms with Crippen LogP contribution in [-0.4, -0.2) is 18.5 Å². The normalized spacial score (nSPS) is 18.3. The third-order valence-corrected chi connectivity index (χ3v) is 4.18. The summed E-state index contributed by atoms with van der Waals surface area (Å²) < 4.78 is 10.8. The van der Waals surface area contributed by atoms with Crippen molar-refractivity contribution in [3.63, 3.8) is 0 Å². The highest BCUT2D eigenvalue weighted by molar-refractivity contribution is 6.31. The van der Waals surface area contributed by atoms with Gasteiger partial charge in [0.25, 0.3) is 5.91 Å². The third kappa shape index (κ3) is 4.73. The van der Waals surface area contributed by atoms with Gasteiger partial charge in [0.05, 0.1) is 11.6 Å². The summed E-state index contributed by atoms with van der Waals surface area (Å²) in [6, 6.07) is 14.1. The second-order valence-electron chi connectivity index (χ2n) is 6.03. The highest BCUT2D eigenvalue weighted by Crippen LogP contribution is 2.38. The topological polar surface area (TPSA) is 64.6 Å². The minimum atomic E-state index is -0.443. The maximum absolute atomic E-state index is 12.1. The molecule has 5 nitrogen and oxygen atoms in total. The Bertz CT molecular complexity index is 778. The second-order valence-corrected chi connectivity index (χ2v) is 6.47. The number of anilines is 1. The van der Waals surface area contributed by atoms with E-state index < -0.39 is 5.91 Å². The summed E-state index contributed by atoms with van der Waals surface area (Å²) in [5, 5.41) is 3.13. The lowest BCUT2D eigenvalue weighted by molar-refractivity contribution is -0.148. The summed E-state index contributed by atoms with van der Waals surface area (Å²) in [5.41, 5.74) is 0.414. The summed E-state index contributed by atoms with van der Waals surface area (Å²) in [6.45, 7) is 1.64. The maximum atomic E-state index is 12.1. The molecule has 1 N–H and O–H groups in total. The fraction of sp³-hybridized carbons (Fsp3) is 0.263. The van der Waals surface area contributed by atoms with Gasteiger partial charge in [0.1, 0.15) is 5.75 Å². The number of hydrogen-bond acceptors (Lipinski definition) is 4. The molecule has 2 aromatic rings. The molecule has 0 aromatic heterocycles. The molecule has 1 amide bonds. The molecular weight excluding hydrogens is 342 g/mol. The van der Waals surface area contributed by atoms with Gasteiger partial charge in [-0.2, -0.15) is 0 Å². The van der Waals surface area contributed by atoms with Gasteiger partial charge in [-0.1, -0.05) is 36.7 Å². The van der Waals surface area contributed by atoms with Gasteiger partial charge >= 0.3 is 5.97 Å². The van der Waals surface area contributed by atoms with Crippen LogP contribution in [0.3, 0.4) is 0 Å². The molecule has 0 heterocycles. The number of ether oxygens (including phenoxy) is 2. The molecule has 1 saturated carbocycles. The van der Waals surface area contributed by atoms with E-state index >= 15 is 0 Å². The summed E-state index contributed by atoms with van der Waals surface area (Å²) in [5.74, 6) is 0.585. The second kappa shape index (κ2) is 7.57. The van der Waals surface area contributed by atoms with Crippen LogP contribution in [0.5, 0.6) is 11.5 Å². The number of hydrogen-bond donors (Lipinski definition) is 1. The van der Waals surface area contributed by atoms with E-state index in [-0.39, 0.29) is 18.5 Å². The first-order valence-corrected chi connectivity index (χ1v) is 8.39. The van der Waals surface area contributed by atoms with Gasteiger partial charge in [-0.3, -0.25) is 9.59 Å². The lowest BCUT2D eigenvalue weighted by atomic mass is 10.2. The van der Waals surface area contributed by atoms with Gasteiger partial charge < -0.3 is 14.8 Å². The van der Waals surface area contributed by atoms with E-state index in [2.05, 4.69) is 5.32 Å². The molecule has 0 spiro atoms. The van der Waals surface area contributed by atoms with Crippen molar-refractivity contribution in [3.8, 4) is 11.5 Å². The molecule has 0 radical (unpaired) electrons. The standard InChI is InChI=1S/C19H18ClNO4/c1-12-9-15(12)19(23)24-11-18(22)21-16-10-13(20)7-8-17(16)25-14-5-3-2-4-6-14/h2-8,10,12,15H,9,11H2,1H3,(H,21,22)/t12-,15-/m0/s1. The third-order valence-electron chi connectivity index (χ3n) is 3.94. The maximum Gasteiger partial charge on any atom is 0.309 e. The number of amides is 1. The quantitative estimate of drug-likeness (QED) is 0.782. The largest absolute Gasteiger partial charge is 0.455 e. The number of benzene rings is 2. The number of carbonyl (C=O) groups is 2. The Morgan fingerprint density at radius 3 is 2.60 bits per heavy atom. The highest BCUT2D eigenvalue weighted by Gasteiger charge is 2.40. The van der Waals surface area contributed by atoms with Crippen LogP contribution < -0.4 is 10.1 Å². The molecule has 0 saturated heterocycles. The molecule has 1 fully saturated rings. The van der Waals surface area contributed by atoms with Crippen LogP contribution in [0.25, 0.3) is 0 Å². The van der Waals surface area contributed by atoms with E-state index in [9.17, 15) is 9.59 Å². The van der Waals surface area contributed by atoms with Crippen LogP contribution in [0.1, 0.15) is 13.3 Å². The zero-order valence-electron chi connectivity index (χ0n) is 13.7. The van der Waals surface area contributed by atoms with Gasteiger partial charge in [0.15, 0.2) is 12.4 Å². The zero-order valence-corrected chi connectivity index (χ0v) is 14.5. The van der Waals surface area contributed by atoms with Gasteiger partial charge in [-0.25, -0.2) is 0 Å². The molecule has 2 atom stereocenters. The Labute approximate surface area is 150 Å². The van der Waals surface area contributed by atoms with Crippen molar-refractivity contribution < 1.29 is 19.1 Å². The number of rotatable bonds is 6. The Morgan fingerprint density at radius 1 is 1.20 bits per heavy atom. The van der Waals surface area contributed by atoms with Gasteiger partial charge in [0.2, 0.25) is 0 Å². The lowest BCUT2D eigenvalue weighted by Gasteiger charge is -2.13. The minimum absolute atomic E-state index is 0.0732. The summed E-state index contributed by atoms with van der Waals surface area (Å²) in [4.78, 5) is 23.8. The first kappa shape index (κ1) is 17.3. The van der Waals surface area contributed by atoms with Gasteiger partial charge in [0, 0.05) is 5.02 Å². The predicted octanol–water partition coefficient (Wildman–Crippen LogP) is 4.27. The molecule has 6 heteroatoms. The summed E-state index contributed by atoms with van der Waals surface area (Å²) in [7, 11) is 0.